The minimum absolute atomic E-state index is 0.00453. The largest absolute Gasteiger partial charge is 0.508 e. The number of likely N-dealkylation sites (tertiary alicyclic amines) is 1. The second-order valence-electron chi connectivity index (χ2n) is 24.2. The molecule has 0 saturated carbocycles. The van der Waals surface area contributed by atoms with E-state index in [1.807, 2.05) is 5.43 Å². The molecule has 12 amide bonds. The minimum Gasteiger partial charge on any atom is -0.508 e. The van der Waals surface area contributed by atoms with Crippen LogP contribution in [0.15, 0.2) is 72.2 Å². The number of aliphatic hydroxyl groups excluding tert-OH is 1. The van der Waals surface area contributed by atoms with Gasteiger partial charge in [-0.2, -0.15) is 0 Å². The Labute approximate surface area is 546 Å². The van der Waals surface area contributed by atoms with E-state index in [4.69, 9.17) is 31.8 Å². The zero-order valence-corrected chi connectivity index (χ0v) is 53.7. The first-order valence-corrected chi connectivity index (χ1v) is 30.8. The number of hydrogen-bond donors (Lipinski definition) is 18. The second-order valence-corrected chi connectivity index (χ2v) is 24.2. The number of fused-ring (bicyclic) bond motifs is 1. The number of para-hydroxylation sites is 1. The van der Waals surface area contributed by atoms with E-state index >= 15 is 0 Å². The van der Waals surface area contributed by atoms with Gasteiger partial charge < -0.3 is 94.7 Å². The van der Waals surface area contributed by atoms with Crippen molar-refractivity contribution in [1.29, 1.82) is 0 Å². The Balaban J connectivity index is 0.00000397. The van der Waals surface area contributed by atoms with Gasteiger partial charge in [0.1, 0.15) is 60.1 Å². The fourth-order valence-corrected chi connectivity index (χ4v) is 10.2. The van der Waals surface area contributed by atoms with Crippen LogP contribution < -0.4 is 70.6 Å². The third-order valence-electron chi connectivity index (χ3n) is 14.8. The van der Waals surface area contributed by atoms with Gasteiger partial charge in [-0.25, -0.2) is 15.2 Å². The van der Waals surface area contributed by atoms with Crippen LogP contribution in [0.2, 0.25) is 0 Å². The molecular formula is C61H88N18O16. The van der Waals surface area contributed by atoms with Gasteiger partial charge in [0, 0.05) is 74.7 Å². The number of rotatable bonds is 31. The number of guanidine groups is 1. The highest BCUT2D eigenvalue weighted by Gasteiger charge is 2.40. The summed E-state index contributed by atoms with van der Waals surface area (Å²) in [5.74, 6) is -9.42. The molecule has 2 aliphatic heterocycles. The number of amides is 12. The number of nitrogens with one attached hydrogen (secondary N) is 12. The Morgan fingerprint density at radius 3 is 1.89 bits per heavy atom. The lowest BCUT2D eigenvalue weighted by Crippen LogP contribution is -2.62. The van der Waals surface area contributed by atoms with Gasteiger partial charge in [-0.15, -0.1) is 0 Å². The predicted octanol–water partition coefficient (Wildman–Crippen LogP) is -3.01. The number of aliphatic hydroxyl groups is 1. The van der Waals surface area contributed by atoms with Crippen LogP contribution in [0.4, 0.5) is 4.79 Å². The quantitative estimate of drug-likeness (QED) is 0.0103. The van der Waals surface area contributed by atoms with Crippen LogP contribution in [0.3, 0.4) is 0 Å². The Hall–Kier alpha value is -10.4. The van der Waals surface area contributed by atoms with E-state index < -0.39 is 138 Å². The average molecular weight is 1330 g/mol. The van der Waals surface area contributed by atoms with Crippen molar-refractivity contribution in [2.24, 2.45) is 28.1 Å². The van der Waals surface area contributed by atoms with Crippen LogP contribution in [0.25, 0.3) is 10.9 Å². The molecule has 9 atom stereocenters. The lowest BCUT2D eigenvalue weighted by molar-refractivity contribution is -0.142. The smallest absolute Gasteiger partial charge is 0.330 e. The highest BCUT2D eigenvalue weighted by Crippen LogP contribution is 2.22. The van der Waals surface area contributed by atoms with E-state index in [0.717, 1.165) is 6.92 Å². The molecule has 21 N–H and O–H groups in total. The maximum absolute atomic E-state index is 14.8. The van der Waals surface area contributed by atoms with Gasteiger partial charge >= 0.3 is 6.03 Å². The highest BCUT2D eigenvalue weighted by atomic mass is 16.5. The van der Waals surface area contributed by atoms with Gasteiger partial charge in [0.25, 0.3) is 11.9 Å². The normalized spacial score (nSPS) is 16.5. The van der Waals surface area contributed by atoms with Gasteiger partial charge in [0.2, 0.25) is 53.2 Å². The third-order valence-corrected chi connectivity index (χ3v) is 14.8. The topological polar surface area (TPSA) is 533 Å². The fraction of sp³-hybridized carbons (Fsp3) is 0.508. The minimum atomic E-state index is -1.80. The number of urea groups is 1. The van der Waals surface area contributed by atoms with Crippen LogP contribution in [-0.4, -0.2) is 198 Å². The van der Waals surface area contributed by atoms with Gasteiger partial charge in [-0.1, -0.05) is 44.2 Å². The number of carbonyl (C=O) groups excluding carboxylic acids is 11. The van der Waals surface area contributed by atoms with Crippen LogP contribution in [-0.2, 0) is 76.7 Å². The molecule has 6 rings (SSSR count). The summed E-state index contributed by atoms with van der Waals surface area (Å²) in [6, 6.07) is -0.716. The molecule has 34 nitrogen and oxygen atoms in total. The van der Waals surface area contributed by atoms with E-state index in [0.29, 0.717) is 34.1 Å². The summed E-state index contributed by atoms with van der Waals surface area (Å²) in [7, 11) is 0. The zero-order valence-electron chi connectivity index (χ0n) is 53.7. The predicted molar refractivity (Wildman–Crippen MR) is 342 cm³/mol. The van der Waals surface area contributed by atoms with Crippen molar-refractivity contribution in [3.05, 3.63) is 84.1 Å². The standard InChI is InChI=1S/C59H84N18O14.C2H4O2/c1-31(2)22-40(49(82)68-39(12-8-20-64-57(60)61)56(89)77-21-9-13-46(77)55(88)75-76-58(62)90)69-54(87)45(29-91-59(3,4)5)74-50(83)41(23-32-14-16-35(79)17-15-32)70-53(86)44(28-78)73-51(84)42(24-33-26-65-37-11-7-6-10-36(33)37)71-52(85)43(25-34-27-63-30-66-34)72-48(81)38-18-19-47(80)67-38;1-2(3)4/h6-7,10-11,14-17,26-27,30-31,38-46,65,78-79H,8-9,12-13,18-25,28-29H2,1-5H3,(H,63,66)(H,67,80)(H,68,82)(H,69,87)(H,70,86)(H,71,85)(H,72,81)(H,73,84)(H,74,83)(H,75,88)(H4,60,61,64)(H3,62,76,90);1H3,(H,3,4)/t38-,39-,40-,41-,42-,43-,44+,45+,46-;/m0./s1. The number of phenols is 1. The fourth-order valence-electron chi connectivity index (χ4n) is 10.2. The van der Waals surface area contributed by atoms with Crippen LogP contribution in [0.5, 0.6) is 5.75 Å². The number of aromatic amines is 2. The third kappa shape index (κ3) is 24.9. The number of benzene rings is 2. The summed E-state index contributed by atoms with van der Waals surface area (Å²) < 4.78 is 6.03. The van der Waals surface area contributed by atoms with Gasteiger partial charge in [0.15, 0.2) is 5.96 Å². The van der Waals surface area contributed by atoms with E-state index in [1.54, 1.807) is 65.1 Å². The number of nitrogens with zero attached hydrogens (tertiary/aromatic N) is 3. The lowest BCUT2D eigenvalue weighted by atomic mass is 10.0. The lowest BCUT2D eigenvalue weighted by Gasteiger charge is -2.31. The molecule has 518 valence electrons. The number of ether oxygens (including phenoxy) is 1. The first kappa shape index (κ1) is 75.3. The van der Waals surface area contributed by atoms with E-state index in [2.05, 4.69) is 67.9 Å². The first-order chi connectivity index (χ1) is 44.9. The average Bonchev–Trinajstić information content (AvgIpc) is 1.76. The number of hydrogen-bond acceptors (Lipinski definition) is 17. The molecule has 0 radical (unpaired) electrons. The summed E-state index contributed by atoms with van der Waals surface area (Å²) in [4.78, 5) is 176. The summed E-state index contributed by atoms with van der Waals surface area (Å²) in [6.45, 7) is 8.36. The molecule has 0 spiro atoms. The van der Waals surface area contributed by atoms with Crippen LogP contribution >= 0.6 is 0 Å². The van der Waals surface area contributed by atoms with Crippen LogP contribution in [0.1, 0.15) is 103 Å². The summed E-state index contributed by atoms with van der Waals surface area (Å²) in [5.41, 5.74) is 21.6. The number of H-pyrrole nitrogens is 2. The van der Waals surface area contributed by atoms with E-state index in [1.165, 1.54) is 41.7 Å². The van der Waals surface area contributed by atoms with Crippen molar-refractivity contribution >= 4 is 87.9 Å². The number of hydrazine groups is 1. The number of primary amides is 1. The molecule has 95 heavy (non-hydrogen) atoms. The molecule has 4 aromatic rings. The number of carbonyl (C=O) groups is 12. The summed E-state index contributed by atoms with van der Waals surface area (Å²) in [6.07, 6.45) is 4.91. The maximum atomic E-state index is 14.8. The second kappa shape index (κ2) is 36.2. The Morgan fingerprint density at radius 2 is 1.31 bits per heavy atom. The van der Waals surface area contributed by atoms with Gasteiger partial charge in [-0.3, -0.25) is 63.2 Å². The number of aliphatic imine (C=N–C) groups is 1. The van der Waals surface area contributed by atoms with Gasteiger partial charge in [0.05, 0.1) is 25.1 Å². The van der Waals surface area contributed by atoms with E-state index in [9.17, 15) is 63.0 Å². The summed E-state index contributed by atoms with van der Waals surface area (Å²) in [5, 5.41) is 50.2. The molecule has 4 heterocycles. The number of phenolic OH excluding ortho intramolecular Hbond substituents is 1. The zero-order chi connectivity index (χ0) is 70.1. The molecule has 2 aromatic heterocycles. The van der Waals surface area contributed by atoms with Crippen molar-refractivity contribution in [2.45, 2.75) is 166 Å². The molecular weight excluding hydrogens is 1240 g/mol. The van der Waals surface area contributed by atoms with Crippen molar-refractivity contribution in [3.8, 4) is 5.75 Å². The molecule has 2 aliphatic rings. The number of nitrogens with two attached hydrogens (primary N) is 3. The highest BCUT2D eigenvalue weighted by molar-refractivity contribution is 5.99. The Morgan fingerprint density at radius 1 is 0.726 bits per heavy atom. The van der Waals surface area contributed by atoms with Crippen LogP contribution in [0, 0.1) is 5.92 Å². The molecule has 2 fully saturated rings. The number of aromatic hydroxyl groups is 1. The monoisotopic (exact) mass is 1330 g/mol. The molecule has 0 aliphatic carbocycles. The van der Waals surface area contributed by atoms with Crippen molar-refractivity contribution in [2.75, 3.05) is 26.3 Å². The van der Waals surface area contributed by atoms with Gasteiger partial charge in [-0.05, 0) is 94.5 Å². The van der Waals surface area contributed by atoms with E-state index in [-0.39, 0.29) is 94.4 Å². The molecule has 34 heteroatoms. The van der Waals surface area contributed by atoms with Crippen molar-refractivity contribution < 1.29 is 77.6 Å². The maximum Gasteiger partial charge on any atom is 0.330 e. The van der Waals surface area contributed by atoms with Crippen molar-refractivity contribution in [3.63, 3.8) is 0 Å². The summed E-state index contributed by atoms with van der Waals surface area (Å²) >= 11 is 0. The number of aliphatic carboxylic acids is 1. The molecule has 0 unspecified atom stereocenters. The van der Waals surface area contributed by atoms with Crippen molar-refractivity contribution in [1.82, 2.24) is 73.2 Å². The molecule has 2 saturated heterocycles. The first-order valence-electron chi connectivity index (χ1n) is 30.8. The number of carboxylic acids is 1. The molecule has 0 bridgehead atoms. The Kier molecular flexibility index (Phi) is 28.7. The number of imidazole rings is 1. The number of carboxylic acid groups (broad SMARTS) is 1. The number of aromatic nitrogens is 3. The Bertz CT molecular complexity index is 3340. The SMILES string of the molecule is CC(=O)O.CC(C)C[C@H](NC(=O)[C@@H](COC(C)(C)C)NC(=O)[C@H](Cc1ccc(O)cc1)NC(=O)[C@@H](CO)NC(=O)[C@H](Cc1c[nH]c2ccccc12)NC(=O)[C@H](Cc1cnc[nH]1)NC(=O)[C@@H]1CCC(=O)N1)C(=O)N[C@@H](CCCN=C(N)N)C(=O)N1CCC[C@H]1C(=O)NNC(N)=O. The molecule has 2 aromatic carbocycles.